The van der Waals surface area contributed by atoms with Gasteiger partial charge in [-0.15, -0.1) is 0 Å². The van der Waals surface area contributed by atoms with Crippen LogP contribution < -0.4 is 4.74 Å². The Labute approximate surface area is 170 Å². The second kappa shape index (κ2) is 9.28. The van der Waals surface area contributed by atoms with Gasteiger partial charge in [-0.2, -0.15) is 0 Å². The van der Waals surface area contributed by atoms with E-state index in [9.17, 15) is 14.0 Å². The van der Waals surface area contributed by atoms with E-state index >= 15 is 0 Å². The number of hydrogen-bond donors (Lipinski definition) is 0. The lowest BCUT2D eigenvalue weighted by molar-refractivity contribution is 0.0470. The van der Waals surface area contributed by atoms with E-state index in [0.717, 1.165) is 10.0 Å². The highest BCUT2D eigenvalue weighted by Crippen LogP contribution is 2.21. The maximum Gasteiger partial charge on any atom is 0.342 e. The summed E-state index contributed by atoms with van der Waals surface area (Å²) >= 11 is 3.30. The van der Waals surface area contributed by atoms with Crippen LogP contribution >= 0.6 is 15.9 Å². The van der Waals surface area contributed by atoms with Crippen LogP contribution in [0.3, 0.4) is 0 Å². The van der Waals surface area contributed by atoms with Gasteiger partial charge in [0.15, 0.2) is 12.4 Å². The van der Waals surface area contributed by atoms with E-state index in [2.05, 4.69) is 15.9 Å². The van der Waals surface area contributed by atoms with Crippen molar-refractivity contribution in [2.45, 2.75) is 6.61 Å². The molecule has 0 bridgehead atoms. The van der Waals surface area contributed by atoms with E-state index in [0.29, 0.717) is 11.3 Å². The molecule has 0 N–H and O–H groups in total. The minimum Gasteiger partial charge on any atom is -0.488 e. The van der Waals surface area contributed by atoms with Crippen LogP contribution in [0.15, 0.2) is 77.3 Å². The molecule has 0 unspecified atom stereocenters. The Morgan fingerprint density at radius 3 is 2.29 bits per heavy atom. The van der Waals surface area contributed by atoms with Gasteiger partial charge in [-0.25, -0.2) is 9.18 Å². The molecule has 0 aliphatic carbocycles. The van der Waals surface area contributed by atoms with Crippen molar-refractivity contribution in [1.82, 2.24) is 0 Å². The molecule has 0 radical (unpaired) electrons. The zero-order valence-electron chi connectivity index (χ0n) is 14.7. The van der Waals surface area contributed by atoms with Gasteiger partial charge in [0.25, 0.3) is 0 Å². The van der Waals surface area contributed by atoms with Crippen LogP contribution in [0.5, 0.6) is 5.75 Å². The standard InChI is InChI=1S/C22H16BrFO4/c23-17-9-7-16(8-10-17)20(25)14-28-22(26)19-3-1-2-4-21(19)27-13-15-5-11-18(24)12-6-15/h1-12H,13-14H2. The van der Waals surface area contributed by atoms with Crippen LogP contribution in [-0.2, 0) is 11.3 Å². The van der Waals surface area contributed by atoms with Gasteiger partial charge in [-0.05, 0) is 42.0 Å². The Kier molecular flexibility index (Phi) is 6.55. The number of para-hydroxylation sites is 1. The van der Waals surface area contributed by atoms with Gasteiger partial charge >= 0.3 is 5.97 Å². The molecule has 4 nitrogen and oxygen atoms in total. The van der Waals surface area contributed by atoms with Crippen molar-refractivity contribution in [3.05, 3.63) is 99.8 Å². The van der Waals surface area contributed by atoms with Crippen molar-refractivity contribution in [3.63, 3.8) is 0 Å². The molecule has 0 atom stereocenters. The van der Waals surface area contributed by atoms with E-state index in [1.807, 2.05) is 0 Å². The van der Waals surface area contributed by atoms with Crippen molar-refractivity contribution < 1.29 is 23.5 Å². The molecule has 6 heteroatoms. The Morgan fingerprint density at radius 2 is 1.57 bits per heavy atom. The van der Waals surface area contributed by atoms with Gasteiger partial charge in [0.05, 0.1) is 0 Å². The molecular weight excluding hydrogens is 427 g/mol. The molecule has 0 aliphatic rings. The van der Waals surface area contributed by atoms with Gasteiger partial charge in [0.2, 0.25) is 0 Å². The molecule has 28 heavy (non-hydrogen) atoms. The first kappa shape index (κ1) is 19.8. The number of ketones is 1. The van der Waals surface area contributed by atoms with E-state index in [1.54, 1.807) is 60.7 Å². The molecule has 0 saturated carbocycles. The molecular formula is C22H16BrFO4. The third-order valence-corrected chi connectivity index (χ3v) is 4.44. The first-order valence-corrected chi connectivity index (χ1v) is 9.24. The summed E-state index contributed by atoms with van der Waals surface area (Å²) in [7, 11) is 0. The lowest BCUT2D eigenvalue weighted by atomic mass is 10.1. The van der Waals surface area contributed by atoms with E-state index in [-0.39, 0.29) is 30.4 Å². The zero-order valence-corrected chi connectivity index (χ0v) is 16.3. The number of carbonyl (C=O) groups excluding carboxylic acids is 2. The fourth-order valence-corrected chi connectivity index (χ4v) is 2.70. The number of esters is 1. The summed E-state index contributed by atoms with van der Waals surface area (Å²) in [6.07, 6.45) is 0. The van der Waals surface area contributed by atoms with Crippen molar-refractivity contribution in [2.75, 3.05) is 6.61 Å². The third-order valence-electron chi connectivity index (χ3n) is 3.92. The molecule has 0 aliphatic heterocycles. The predicted octanol–water partition coefficient (Wildman–Crippen LogP) is 5.21. The number of hydrogen-bond acceptors (Lipinski definition) is 4. The monoisotopic (exact) mass is 442 g/mol. The minimum atomic E-state index is -0.653. The molecule has 3 aromatic rings. The summed E-state index contributed by atoms with van der Waals surface area (Å²) < 4.78 is 24.7. The van der Waals surface area contributed by atoms with Crippen molar-refractivity contribution in [2.24, 2.45) is 0 Å². The Morgan fingerprint density at radius 1 is 0.893 bits per heavy atom. The Hall–Kier alpha value is -2.99. The summed E-state index contributed by atoms with van der Waals surface area (Å²) in [4.78, 5) is 24.6. The van der Waals surface area contributed by atoms with Gasteiger partial charge in [0, 0.05) is 10.0 Å². The van der Waals surface area contributed by atoms with Crippen LogP contribution in [0.25, 0.3) is 0 Å². The highest BCUT2D eigenvalue weighted by atomic mass is 79.9. The molecule has 3 aromatic carbocycles. The quantitative estimate of drug-likeness (QED) is 0.372. The summed E-state index contributed by atoms with van der Waals surface area (Å²) in [6, 6.07) is 19.3. The molecule has 3 rings (SSSR count). The fourth-order valence-electron chi connectivity index (χ4n) is 2.43. The number of halogens is 2. The minimum absolute atomic E-state index is 0.169. The average Bonchev–Trinajstić information content (AvgIpc) is 2.72. The Balaban J connectivity index is 1.62. The van der Waals surface area contributed by atoms with Crippen LogP contribution in [0.2, 0.25) is 0 Å². The lowest BCUT2D eigenvalue weighted by Crippen LogP contribution is -2.15. The van der Waals surface area contributed by atoms with Gasteiger partial charge in [0.1, 0.15) is 23.7 Å². The summed E-state index contributed by atoms with van der Waals surface area (Å²) in [5.74, 6) is -0.957. The second-order valence-electron chi connectivity index (χ2n) is 5.92. The molecule has 0 heterocycles. The summed E-state index contributed by atoms with van der Waals surface area (Å²) in [6.45, 7) is -0.199. The van der Waals surface area contributed by atoms with Gasteiger partial charge in [-0.1, -0.05) is 52.3 Å². The highest BCUT2D eigenvalue weighted by Gasteiger charge is 2.16. The third kappa shape index (κ3) is 5.27. The van der Waals surface area contributed by atoms with Crippen LogP contribution in [0.4, 0.5) is 4.39 Å². The van der Waals surface area contributed by atoms with Crippen LogP contribution in [0, 0.1) is 5.82 Å². The predicted molar refractivity (Wildman–Crippen MR) is 106 cm³/mol. The zero-order chi connectivity index (χ0) is 19.9. The first-order chi connectivity index (χ1) is 13.5. The maximum atomic E-state index is 13.0. The molecule has 0 amide bonds. The Bertz CT molecular complexity index is 969. The SMILES string of the molecule is O=C(COC(=O)c1ccccc1OCc1ccc(F)cc1)c1ccc(Br)cc1. The number of rotatable bonds is 7. The van der Waals surface area contributed by atoms with Gasteiger partial charge < -0.3 is 9.47 Å². The molecule has 0 fully saturated rings. The molecule has 0 aromatic heterocycles. The van der Waals surface area contributed by atoms with Crippen molar-refractivity contribution in [1.29, 1.82) is 0 Å². The smallest absolute Gasteiger partial charge is 0.342 e. The summed E-state index contributed by atoms with van der Waals surface area (Å²) in [5.41, 5.74) is 1.43. The largest absolute Gasteiger partial charge is 0.488 e. The first-order valence-electron chi connectivity index (χ1n) is 8.45. The molecule has 0 spiro atoms. The van der Waals surface area contributed by atoms with Crippen molar-refractivity contribution >= 4 is 27.7 Å². The number of Topliss-reactive ketones (excluding diaryl/α,β-unsaturated/α-hetero) is 1. The van der Waals surface area contributed by atoms with E-state index < -0.39 is 5.97 Å². The average molecular weight is 443 g/mol. The van der Waals surface area contributed by atoms with Crippen LogP contribution in [-0.4, -0.2) is 18.4 Å². The van der Waals surface area contributed by atoms with Gasteiger partial charge in [-0.3, -0.25) is 4.79 Å². The molecule has 142 valence electrons. The second-order valence-corrected chi connectivity index (χ2v) is 6.83. The maximum absolute atomic E-state index is 13.0. The number of benzene rings is 3. The molecule has 0 saturated heterocycles. The van der Waals surface area contributed by atoms with Crippen molar-refractivity contribution in [3.8, 4) is 5.75 Å². The normalized spacial score (nSPS) is 10.4. The number of ether oxygens (including phenoxy) is 2. The van der Waals surface area contributed by atoms with Crippen LogP contribution in [0.1, 0.15) is 26.3 Å². The highest BCUT2D eigenvalue weighted by molar-refractivity contribution is 9.10. The number of carbonyl (C=O) groups is 2. The fraction of sp³-hybridized carbons (Fsp3) is 0.0909. The van der Waals surface area contributed by atoms with E-state index in [1.165, 1.54) is 12.1 Å². The topological polar surface area (TPSA) is 52.6 Å². The van der Waals surface area contributed by atoms with E-state index in [4.69, 9.17) is 9.47 Å². The lowest BCUT2D eigenvalue weighted by Gasteiger charge is -2.11. The summed E-state index contributed by atoms with van der Waals surface area (Å²) in [5, 5.41) is 0.